The fourth-order valence-corrected chi connectivity index (χ4v) is 2.46. The van der Waals surface area contributed by atoms with Crippen molar-refractivity contribution in [1.29, 1.82) is 0 Å². The summed E-state index contributed by atoms with van der Waals surface area (Å²) in [5.74, 6) is 0. The number of hydrogen-bond donors (Lipinski definition) is 1. The molecular weight excluding hydrogens is 234 g/mol. The van der Waals surface area contributed by atoms with E-state index in [4.69, 9.17) is 0 Å². The molecule has 0 aliphatic heterocycles. The molecule has 1 unspecified atom stereocenters. The first kappa shape index (κ1) is 16.0. The van der Waals surface area contributed by atoms with Crippen LogP contribution in [-0.4, -0.2) is 16.3 Å². The van der Waals surface area contributed by atoms with Crippen LogP contribution in [-0.2, 0) is 13.5 Å². The third-order valence-corrected chi connectivity index (χ3v) is 3.54. The van der Waals surface area contributed by atoms with Crippen molar-refractivity contribution in [3.63, 3.8) is 0 Å². The van der Waals surface area contributed by atoms with Gasteiger partial charge in [0.05, 0.1) is 11.4 Å². The summed E-state index contributed by atoms with van der Waals surface area (Å²) in [7, 11) is 2.05. The number of hydrogen-bond acceptors (Lipinski definition) is 2. The van der Waals surface area contributed by atoms with Crippen molar-refractivity contribution in [1.82, 2.24) is 15.1 Å². The summed E-state index contributed by atoms with van der Waals surface area (Å²) in [6, 6.07) is 2.68. The summed E-state index contributed by atoms with van der Waals surface area (Å²) in [5.41, 5.74) is 2.51. The molecule has 1 aromatic heterocycles. The van der Waals surface area contributed by atoms with Crippen molar-refractivity contribution in [2.24, 2.45) is 7.05 Å². The summed E-state index contributed by atoms with van der Waals surface area (Å²) in [5, 5.41) is 8.14. The number of rotatable bonds is 10. The Morgan fingerprint density at radius 1 is 1.37 bits per heavy atom. The highest BCUT2D eigenvalue weighted by Crippen LogP contribution is 2.21. The Morgan fingerprint density at radius 3 is 2.74 bits per heavy atom. The molecule has 0 aliphatic carbocycles. The van der Waals surface area contributed by atoms with Crippen LogP contribution in [0, 0.1) is 0 Å². The van der Waals surface area contributed by atoms with Crippen LogP contribution >= 0.6 is 0 Å². The highest BCUT2D eigenvalue weighted by Gasteiger charge is 2.15. The van der Waals surface area contributed by atoms with E-state index in [1.165, 1.54) is 37.1 Å². The van der Waals surface area contributed by atoms with Gasteiger partial charge in [0.15, 0.2) is 0 Å². The number of aromatic nitrogens is 2. The summed E-state index contributed by atoms with van der Waals surface area (Å²) in [6.07, 6.45) is 9.15. The van der Waals surface area contributed by atoms with E-state index in [9.17, 15) is 0 Å². The zero-order valence-corrected chi connectivity index (χ0v) is 12.8. The van der Waals surface area contributed by atoms with Crippen LogP contribution in [0.15, 0.2) is 18.7 Å². The second kappa shape index (κ2) is 8.92. The van der Waals surface area contributed by atoms with E-state index in [-0.39, 0.29) is 0 Å². The molecule has 0 fully saturated rings. The fraction of sp³-hybridized carbons (Fsp3) is 0.688. The van der Waals surface area contributed by atoms with Crippen molar-refractivity contribution in [3.8, 4) is 0 Å². The fourth-order valence-electron chi connectivity index (χ4n) is 2.46. The van der Waals surface area contributed by atoms with Gasteiger partial charge in [0.2, 0.25) is 0 Å². The van der Waals surface area contributed by atoms with Gasteiger partial charge in [-0.2, -0.15) is 5.10 Å². The molecule has 0 aliphatic rings. The number of nitrogens with one attached hydrogen (secondary N) is 1. The molecule has 1 atom stereocenters. The quantitative estimate of drug-likeness (QED) is 0.514. The molecule has 0 amide bonds. The first-order valence-corrected chi connectivity index (χ1v) is 7.60. The normalized spacial score (nSPS) is 12.6. The van der Waals surface area contributed by atoms with Gasteiger partial charge in [-0.1, -0.05) is 32.8 Å². The van der Waals surface area contributed by atoms with Gasteiger partial charge >= 0.3 is 0 Å². The third kappa shape index (κ3) is 5.19. The van der Waals surface area contributed by atoms with Crippen LogP contribution in [0.4, 0.5) is 0 Å². The topological polar surface area (TPSA) is 29.9 Å². The van der Waals surface area contributed by atoms with Crippen molar-refractivity contribution >= 4 is 0 Å². The molecule has 1 rings (SSSR count). The Balaban J connectivity index is 2.55. The van der Waals surface area contributed by atoms with Crippen molar-refractivity contribution in [2.45, 2.75) is 58.4 Å². The van der Waals surface area contributed by atoms with Gasteiger partial charge in [0, 0.05) is 13.1 Å². The van der Waals surface area contributed by atoms with Gasteiger partial charge in [0.1, 0.15) is 0 Å². The molecule has 19 heavy (non-hydrogen) atoms. The van der Waals surface area contributed by atoms with Crippen LogP contribution in [0.25, 0.3) is 0 Å². The van der Waals surface area contributed by atoms with Crippen molar-refractivity contribution in [2.75, 3.05) is 6.54 Å². The van der Waals surface area contributed by atoms with Gasteiger partial charge in [-0.25, -0.2) is 0 Å². The van der Waals surface area contributed by atoms with Gasteiger partial charge < -0.3 is 5.32 Å². The van der Waals surface area contributed by atoms with Crippen LogP contribution in [0.2, 0.25) is 0 Å². The first-order valence-electron chi connectivity index (χ1n) is 7.60. The SMILES string of the molecule is C=CCCCCCC(NCC)c1cc(CC)nn1C. The van der Waals surface area contributed by atoms with Gasteiger partial charge in [0.25, 0.3) is 0 Å². The van der Waals surface area contributed by atoms with Crippen molar-refractivity contribution in [3.05, 3.63) is 30.1 Å². The molecular formula is C16H29N3. The third-order valence-electron chi connectivity index (χ3n) is 3.54. The lowest BCUT2D eigenvalue weighted by atomic mass is 10.0. The van der Waals surface area contributed by atoms with Gasteiger partial charge in [-0.3, -0.25) is 4.68 Å². The van der Waals surface area contributed by atoms with E-state index in [2.05, 4.69) is 44.0 Å². The summed E-state index contributed by atoms with van der Waals surface area (Å²) in [4.78, 5) is 0. The Hall–Kier alpha value is -1.09. The number of nitrogens with zero attached hydrogens (tertiary/aromatic N) is 2. The maximum atomic E-state index is 4.55. The second-order valence-corrected chi connectivity index (χ2v) is 5.07. The molecule has 0 saturated heterocycles. The van der Waals surface area contributed by atoms with E-state index in [0.717, 1.165) is 19.4 Å². The smallest absolute Gasteiger partial charge is 0.0625 e. The van der Waals surface area contributed by atoms with E-state index >= 15 is 0 Å². The molecule has 3 heteroatoms. The Morgan fingerprint density at radius 2 is 2.16 bits per heavy atom. The van der Waals surface area contributed by atoms with E-state index in [0.29, 0.717) is 6.04 Å². The predicted octanol–water partition coefficient (Wildman–Crippen LogP) is 3.77. The summed E-state index contributed by atoms with van der Waals surface area (Å²) in [6.45, 7) is 9.10. The number of unbranched alkanes of at least 4 members (excludes halogenated alkanes) is 3. The molecule has 108 valence electrons. The highest BCUT2D eigenvalue weighted by molar-refractivity contribution is 5.14. The molecule has 0 aromatic carbocycles. The first-order chi connectivity index (χ1) is 9.22. The minimum Gasteiger partial charge on any atom is -0.309 e. The zero-order valence-electron chi connectivity index (χ0n) is 12.8. The molecule has 0 saturated carbocycles. The van der Waals surface area contributed by atoms with Crippen LogP contribution in [0.1, 0.15) is 63.4 Å². The minimum absolute atomic E-state index is 0.437. The van der Waals surface area contributed by atoms with E-state index < -0.39 is 0 Å². The van der Waals surface area contributed by atoms with Crippen LogP contribution in [0.3, 0.4) is 0 Å². The largest absolute Gasteiger partial charge is 0.309 e. The Bertz CT molecular complexity index is 368. The van der Waals surface area contributed by atoms with E-state index in [1.807, 2.05) is 10.8 Å². The molecule has 0 radical (unpaired) electrons. The second-order valence-electron chi connectivity index (χ2n) is 5.07. The summed E-state index contributed by atoms with van der Waals surface area (Å²) < 4.78 is 2.04. The monoisotopic (exact) mass is 263 g/mol. The van der Waals surface area contributed by atoms with Crippen LogP contribution < -0.4 is 5.32 Å². The lowest BCUT2D eigenvalue weighted by Crippen LogP contribution is -2.23. The molecule has 1 aromatic rings. The Kier molecular flexibility index (Phi) is 7.49. The standard InChI is InChI=1S/C16H29N3/c1-5-8-9-10-11-12-15(17-7-3)16-13-14(6-2)18-19(16)4/h5,13,15,17H,1,6-12H2,2-4H3. The zero-order chi connectivity index (χ0) is 14.1. The highest BCUT2D eigenvalue weighted by atomic mass is 15.3. The summed E-state index contributed by atoms with van der Waals surface area (Å²) >= 11 is 0. The van der Waals surface area contributed by atoms with Crippen molar-refractivity contribution < 1.29 is 0 Å². The average Bonchev–Trinajstić information content (AvgIpc) is 2.78. The predicted molar refractivity (Wildman–Crippen MR) is 82.3 cm³/mol. The average molecular weight is 263 g/mol. The maximum absolute atomic E-state index is 4.55. The Labute approximate surface area is 118 Å². The number of aryl methyl sites for hydroxylation is 2. The van der Waals surface area contributed by atoms with Gasteiger partial charge in [-0.05, 0) is 38.3 Å². The van der Waals surface area contributed by atoms with Crippen LogP contribution in [0.5, 0.6) is 0 Å². The lowest BCUT2D eigenvalue weighted by molar-refractivity contribution is 0.456. The van der Waals surface area contributed by atoms with Gasteiger partial charge in [-0.15, -0.1) is 6.58 Å². The molecule has 1 N–H and O–H groups in total. The van der Waals surface area contributed by atoms with E-state index in [1.54, 1.807) is 0 Å². The minimum atomic E-state index is 0.437. The molecule has 0 bridgehead atoms. The molecule has 3 nitrogen and oxygen atoms in total. The lowest BCUT2D eigenvalue weighted by Gasteiger charge is -2.18. The number of allylic oxidation sites excluding steroid dienone is 1. The molecule has 0 spiro atoms. The maximum Gasteiger partial charge on any atom is 0.0625 e. The molecule has 1 heterocycles.